The molecule has 0 radical (unpaired) electrons. The Morgan fingerprint density at radius 1 is 0.767 bits per heavy atom. The van der Waals surface area contributed by atoms with Gasteiger partial charge in [-0.05, 0) is 64.5 Å². The lowest BCUT2D eigenvalue weighted by Crippen LogP contribution is -2.29. The molecular formula is C29H26BrN2O9S2+. The Bertz CT molecular complexity index is 2060. The van der Waals surface area contributed by atoms with Gasteiger partial charge in [-0.25, -0.2) is 4.42 Å². The number of anilines is 3. The van der Waals surface area contributed by atoms with Crippen LogP contribution in [0.25, 0.3) is 33.1 Å². The van der Waals surface area contributed by atoms with Gasteiger partial charge in [-0.2, -0.15) is 16.8 Å². The van der Waals surface area contributed by atoms with Gasteiger partial charge in [0, 0.05) is 40.1 Å². The Labute approximate surface area is 255 Å². The molecule has 0 bridgehead atoms. The third kappa shape index (κ3) is 6.50. The minimum Gasteiger partial charge on any atom is -0.395 e. The van der Waals surface area contributed by atoms with Gasteiger partial charge in [-0.1, -0.05) is 18.2 Å². The minimum atomic E-state index is -4.98. The molecule has 0 fully saturated rings. The monoisotopic (exact) mass is 689 g/mol. The molecule has 5 aromatic rings. The first kappa shape index (κ1) is 30.8. The first-order valence-corrected chi connectivity index (χ1v) is 16.5. The number of halogens is 1. The van der Waals surface area contributed by atoms with Crippen molar-refractivity contribution in [3.8, 4) is 11.1 Å². The average molecular weight is 691 g/mol. The fourth-order valence-electron chi connectivity index (χ4n) is 4.86. The van der Waals surface area contributed by atoms with Crippen LogP contribution in [0, 0.1) is 0 Å². The number of aliphatic hydroxyl groups is 2. The number of para-hydroxylation sites is 1. The summed E-state index contributed by atoms with van der Waals surface area (Å²) in [5.74, 6) is 0. The van der Waals surface area contributed by atoms with Crippen molar-refractivity contribution in [2.45, 2.75) is 9.79 Å². The summed E-state index contributed by atoms with van der Waals surface area (Å²) in [5, 5.41) is 23.2. The topological polar surface area (TPSA) is 176 Å². The van der Waals surface area contributed by atoms with E-state index in [4.69, 9.17) is 4.42 Å². The Balaban J connectivity index is 1.82. The van der Waals surface area contributed by atoms with Gasteiger partial charge in [-0.15, -0.1) is 0 Å². The molecule has 43 heavy (non-hydrogen) atoms. The summed E-state index contributed by atoms with van der Waals surface area (Å²) in [7, 11) is -9.77. The predicted molar refractivity (Wildman–Crippen MR) is 167 cm³/mol. The van der Waals surface area contributed by atoms with Gasteiger partial charge < -0.3 is 20.4 Å². The van der Waals surface area contributed by atoms with Crippen LogP contribution in [0.3, 0.4) is 0 Å². The van der Waals surface area contributed by atoms with E-state index < -0.39 is 30.0 Å². The molecule has 5 rings (SSSR count). The number of hydrogen-bond acceptors (Lipinski definition) is 8. The summed E-state index contributed by atoms with van der Waals surface area (Å²) in [6.45, 7) is 0.132. The molecule has 4 aromatic carbocycles. The minimum absolute atomic E-state index is 0.0254. The van der Waals surface area contributed by atoms with E-state index in [1.54, 1.807) is 41.3 Å². The highest BCUT2D eigenvalue weighted by Gasteiger charge is 2.28. The molecule has 0 unspecified atom stereocenters. The summed E-state index contributed by atoms with van der Waals surface area (Å²) in [6.07, 6.45) is 0. The zero-order valence-electron chi connectivity index (χ0n) is 22.3. The van der Waals surface area contributed by atoms with Gasteiger partial charge in [0.1, 0.15) is 4.90 Å². The fourth-order valence-corrected chi connectivity index (χ4v) is 6.55. The maximum absolute atomic E-state index is 12.5. The first-order valence-electron chi connectivity index (χ1n) is 12.8. The molecule has 5 N–H and O–H groups in total. The highest BCUT2D eigenvalue weighted by Crippen LogP contribution is 2.42. The summed E-state index contributed by atoms with van der Waals surface area (Å²) in [5.41, 5.74) is 2.96. The molecule has 0 aliphatic carbocycles. The Morgan fingerprint density at radius 2 is 1.42 bits per heavy atom. The molecule has 11 nitrogen and oxygen atoms in total. The van der Waals surface area contributed by atoms with Crippen molar-refractivity contribution in [2.24, 2.45) is 0 Å². The molecule has 0 amide bonds. The van der Waals surface area contributed by atoms with Crippen LogP contribution in [0.4, 0.5) is 17.1 Å². The van der Waals surface area contributed by atoms with E-state index in [1.165, 1.54) is 6.07 Å². The van der Waals surface area contributed by atoms with E-state index in [-0.39, 0.29) is 31.9 Å². The summed E-state index contributed by atoms with van der Waals surface area (Å²) in [6, 6.07) is 20.6. The van der Waals surface area contributed by atoms with Crippen molar-refractivity contribution in [1.82, 2.24) is 0 Å². The second-order valence-electron chi connectivity index (χ2n) is 9.52. The third-order valence-electron chi connectivity index (χ3n) is 6.76. The van der Waals surface area contributed by atoms with Gasteiger partial charge in [0.15, 0.2) is 0 Å². The summed E-state index contributed by atoms with van der Waals surface area (Å²) < 4.78 is 75.5. The Kier molecular flexibility index (Phi) is 8.72. The zero-order chi connectivity index (χ0) is 30.9. The first-order chi connectivity index (χ1) is 20.4. The number of fused-ring (bicyclic) bond motifs is 2. The summed E-state index contributed by atoms with van der Waals surface area (Å²) >= 11 is 3.50. The second-order valence-corrected chi connectivity index (χ2v) is 13.2. The van der Waals surface area contributed by atoms with Crippen molar-refractivity contribution < 1.29 is 40.6 Å². The maximum atomic E-state index is 12.5. The lowest BCUT2D eigenvalue weighted by molar-refractivity contribution is 0.281. The van der Waals surface area contributed by atoms with E-state index >= 15 is 0 Å². The molecule has 14 heteroatoms. The Morgan fingerprint density at radius 3 is 2.05 bits per heavy atom. The van der Waals surface area contributed by atoms with Crippen LogP contribution in [0.15, 0.2) is 97.5 Å². The largest absolute Gasteiger partial charge is 0.395 e. The molecule has 0 aliphatic heterocycles. The molecule has 0 saturated carbocycles. The van der Waals surface area contributed by atoms with Crippen LogP contribution < -0.4 is 10.2 Å². The molecular weight excluding hydrogens is 664 g/mol. The SMILES string of the molecule is O=S(=O)(O)c1ccc(-c2c3ccc(Nc4ccccc4Br)cc3[o+]c3cc(N(CCO)CCO)ccc23)c(S(=O)(=O)O)c1. The molecule has 0 atom stereocenters. The smallest absolute Gasteiger partial charge is 0.363 e. The van der Waals surface area contributed by atoms with Crippen LogP contribution in [-0.4, -0.2) is 62.5 Å². The highest BCUT2D eigenvalue weighted by molar-refractivity contribution is 9.10. The van der Waals surface area contributed by atoms with E-state index in [9.17, 15) is 36.2 Å². The van der Waals surface area contributed by atoms with Gasteiger partial charge in [0.2, 0.25) is 0 Å². The standard InChI is InChI=1S/C29H25BrN2O9S2/c30-24-3-1-2-4-25(24)31-18-5-8-21-26(15-18)41-27-16-19(32(11-13-33)12-14-34)6-9-22(27)29(21)23-10-7-20(42(35,36)37)17-28(23)43(38,39)40/h1-10,15-17,31,33-34H,11-14H2,(H-,35,36,37,38,39,40)/p+1. The molecule has 0 aliphatic rings. The van der Waals surface area contributed by atoms with Crippen molar-refractivity contribution >= 4 is 75.2 Å². The lowest BCUT2D eigenvalue weighted by atomic mass is 9.96. The van der Waals surface area contributed by atoms with Crippen LogP contribution in [-0.2, 0) is 20.2 Å². The fraction of sp³-hybridized carbons (Fsp3) is 0.138. The maximum Gasteiger partial charge on any atom is 0.363 e. The number of nitrogens with zero attached hydrogens (tertiary/aromatic N) is 1. The predicted octanol–water partition coefficient (Wildman–Crippen LogP) is 5.32. The van der Waals surface area contributed by atoms with Crippen LogP contribution in [0.5, 0.6) is 0 Å². The van der Waals surface area contributed by atoms with E-state index in [2.05, 4.69) is 21.2 Å². The molecule has 0 spiro atoms. The number of benzene rings is 4. The zero-order valence-corrected chi connectivity index (χ0v) is 25.5. The van der Waals surface area contributed by atoms with E-state index in [0.717, 1.165) is 16.2 Å². The van der Waals surface area contributed by atoms with Crippen LogP contribution >= 0.6 is 15.9 Å². The quantitative estimate of drug-likeness (QED) is 0.0728. The number of aliphatic hydroxyl groups excluding tert-OH is 2. The van der Waals surface area contributed by atoms with Gasteiger partial charge in [0.25, 0.3) is 20.2 Å². The van der Waals surface area contributed by atoms with Crippen molar-refractivity contribution in [3.63, 3.8) is 0 Å². The number of nitrogens with one attached hydrogen (secondary N) is 1. The highest BCUT2D eigenvalue weighted by atomic mass is 79.9. The lowest BCUT2D eigenvalue weighted by Gasteiger charge is -2.22. The van der Waals surface area contributed by atoms with Crippen molar-refractivity contribution in [3.05, 3.63) is 83.3 Å². The van der Waals surface area contributed by atoms with Gasteiger partial charge in [-0.3, -0.25) is 9.11 Å². The molecule has 1 heterocycles. The summed E-state index contributed by atoms with van der Waals surface area (Å²) in [4.78, 5) is 0.316. The Hall–Kier alpha value is -3.63. The molecule has 1 aromatic heterocycles. The third-order valence-corrected chi connectivity index (χ3v) is 9.20. The van der Waals surface area contributed by atoms with Crippen molar-refractivity contribution in [1.29, 1.82) is 0 Å². The number of rotatable bonds is 10. The van der Waals surface area contributed by atoms with Gasteiger partial charge >= 0.3 is 11.2 Å². The van der Waals surface area contributed by atoms with Crippen molar-refractivity contribution in [2.75, 3.05) is 36.5 Å². The van der Waals surface area contributed by atoms with Gasteiger partial charge in [0.05, 0.1) is 46.7 Å². The van der Waals surface area contributed by atoms with E-state index in [1.807, 2.05) is 24.3 Å². The molecule has 0 saturated heterocycles. The second kappa shape index (κ2) is 12.2. The van der Waals surface area contributed by atoms with E-state index in [0.29, 0.717) is 44.9 Å². The van der Waals surface area contributed by atoms with Crippen LogP contribution in [0.2, 0.25) is 0 Å². The molecule has 224 valence electrons. The van der Waals surface area contributed by atoms with Crippen LogP contribution in [0.1, 0.15) is 0 Å². The number of hydrogen-bond donors (Lipinski definition) is 5. The normalized spacial score (nSPS) is 12.1. The average Bonchev–Trinajstić information content (AvgIpc) is 2.95.